The quantitative estimate of drug-likeness (QED) is 0.770. The highest BCUT2D eigenvalue weighted by atomic mass is 16.3. The highest BCUT2D eigenvalue weighted by Gasteiger charge is 1.96. The van der Waals surface area contributed by atoms with Crippen molar-refractivity contribution in [2.24, 2.45) is 0 Å². The minimum atomic E-state index is 0.267. The van der Waals surface area contributed by atoms with Crippen molar-refractivity contribution in [3.8, 4) is 5.75 Å². The summed E-state index contributed by atoms with van der Waals surface area (Å²) in [7, 11) is 0. The summed E-state index contributed by atoms with van der Waals surface area (Å²) in [6.07, 6.45) is 1.75. The van der Waals surface area contributed by atoms with Crippen LogP contribution in [0, 0.1) is 6.92 Å². The number of hydrogen-bond acceptors (Lipinski definition) is 4. The predicted molar refractivity (Wildman–Crippen MR) is 62.2 cm³/mol. The van der Waals surface area contributed by atoms with E-state index in [-0.39, 0.29) is 5.75 Å². The van der Waals surface area contributed by atoms with Gasteiger partial charge in [0.25, 0.3) is 0 Å². The number of benzene rings is 1. The first kappa shape index (κ1) is 10.4. The van der Waals surface area contributed by atoms with E-state index in [1.807, 2.05) is 25.1 Å². The second-order valence-electron chi connectivity index (χ2n) is 3.50. The molecule has 16 heavy (non-hydrogen) atoms. The van der Waals surface area contributed by atoms with Gasteiger partial charge in [0.15, 0.2) is 0 Å². The molecule has 0 saturated heterocycles. The zero-order valence-corrected chi connectivity index (χ0v) is 9.01. The van der Waals surface area contributed by atoms with Gasteiger partial charge in [-0.1, -0.05) is 0 Å². The van der Waals surface area contributed by atoms with Crippen LogP contribution in [-0.4, -0.2) is 15.1 Å². The Labute approximate surface area is 94.0 Å². The zero-order valence-electron chi connectivity index (χ0n) is 9.01. The van der Waals surface area contributed by atoms with Gasteiger partial charge in [0.05, 0.1) is 12.2 Å². The molecule has 0 bridgehead atoms. The molecule has 2 aromatic rings. The normalized spacial score (nSPS) is 10.1. The molecule has 0 spiro atoms. The van der Waals surface area contributed by atoms with E-state index in [1.165, 1.54) is 0 Å². The third-order valence-corrected chi connectivity index (χ3v) is 2.17. The molecule has 2 N–H and O–H groups in total. The number of aryl methyl sites for hydroxylation is 1. The van der Waals surface area contributed by atoms with E-state index in [0.717, 1.165) is 17.2 Å². The second-order valence-corrected chi connectivity index (χ2v) is 3.50. The fourth-order valence-electron chi connectivity index (χ4n) is 1.38. The fraction of sp³-hybridized carbons (Fsp3) is 0.167. The van der Waals surface area contributed by atoms with E-state index in [0.29, 0.717) is 6.54 Å². The Bertz CT molecular complexity index is 468. The van der Waals surface area contributed by atoms with E-state index < -0.39 is 0 Å². The monoisotopic (exact) mass is 215 g/mol. The van der Waals surface area contributed by atoms with Crippen LogP contribution >= 0.6 is 0 Å². The lowest BCUT2D eigenvalue weighted by Gasteiger charge is -2.06. The highest BCUT2D eigenvalue weighted by Crippen LogP contribution is 2.14. The molecule has 0 aliphatic heterocycles. The highest BCUT2D eigenvalue weighted by molar-refractivity contribution is 5.46. The summed E-state index contributed by atoms with van der Waals surface area (Å²) < 4.78 is 0. The van der Waals surface area contributed by atoms with Crippen LogP contribution in [0.3, 0.4) is 0 Å². The number of anilines is 1. The minimum absolute atomic E-state index is 0.267. The Morgan fingerprint density at radius 2 is 1.94 bits per heavy atom. The molecular formula is C12H13N3O. The SMILES string of the molecule is Cc1nccc(CNc2ccc(O)cc2)n1. The van der Waals surface area contributed by atoms with E-state index >= 15 is 0 Å². The lowest BCUT2D eigenvalue weighted by Crippen LogP contribution is -2.02. The topological polar surface area (TPSA) is 58.0 Å². The molecule has 82 valence electrons. The lowest BCUT2D eigenvalue weighted by atomic mass is 10.3. The lowest BCUT2D eigenvalue weighted by molar-refractivity contribution is 0.475. The van der Waals surface area contributed by atoms with Gasteiger partial charge in [-0.15, -0.1) is 0 Å². The summed E-state index contributed by atoms with van der Waals surface area (Å²) in [4.78, 5) is 8.32. The van der Waals surface area contributed by atoms with Gasteiger partial charge in [-0.25, -0.2) is 9.97 Å². The van der Waals surface area contributed by atoms with Crippen LogP contribution in [-0.2, 0) is 6.54 Å². The third kappa shape index (κ3) is 2.70. The van der Waals surface area contributed by atoms with Crippen molar-refractivity contribution >= 4 is 5.69 Å². The molecule has 2 rings (SSSR count). The maximum atomic E-state index is 9.13. The summed E-state index contributed by atoms with van der Waals surface area (Å²) >= 11 is 0. The van der Waals surface area contributed by atoms with Gasteiger partial charge in [-0.05, 0) is 37.3 Å². The molecule has 0 amide bonds. The van der Waals surface area contributed by atoms with E-state index in [4.69, 9.17) is 5.11 Å². The summed E-state index contributed by atoms with van der Waals surface area (Å²) in [5, 5.41) is 12.3. The zero-order chi connectivity index (χ0) is 11.4. The largest absolute Gasteiger partial charge is 0.508 e. The summed E-state index contributed by atoms with van der Waals surface area (Å²) in [5.74, 6) is 1.04. The number of nitrogens with zero attached hydrogens (tertiary/aromatic N) is 2. The maximum Gasteiger partial charge on any atom is 0.125 e. The Morgan fingerprint density at radius 1 is 1.19 bits per heavy atom. The van der Waals surface area contributed by atoms with E-state index in [9.17, 15) is 0 Å². The molecule has 0 fully saturated rings. The first-order chi connectivity index (χ1) is 7.74. The van der Waals surface area contributed by atoms with E-state index in [2.05, 4.69) is 15.3 Å². The van der Waals surface area contributed by atoms with Gasteiger partial charge in [-0.2, -0.15) is 0 Å². The van der Waals surface area contributed by atoms with Crippen molar-refractivity contribution in [2.45, 2.75) is 13.5 Å². The molecule has 0 atom stereocenters. The third-order valence-electron chi connectivity index (χ3n) is 2.17. The van der Waals surface area contributed by atoms with Crippen LogP contribution in [0.5, 0.6) is 5.75 Å². The number of aromatic nitrogens is 2. The predicted octanol–water partition coefficient (Wildman–Crippen LogP) is 2.10. The van der Waals surface area contributed by atoms with Crippen molar-refractivity contribution in [1.82, 2.24) is 9.97 Å². The smallest absolute Gasteiger partial charge is 0.125 e. The molecule has 1 heterocycles. The average Bonchev–Trinajstić information content (AvgIpc) is 2.28. The molecule has 4 nitrogen and oxygen atoms in total. The standard InChI is InChI=1S/C12H13N3O/c1-9-13-7-6-11(15-9)8-14-10-2-4-12(16)5-3-10/h2-7,14,16H,8H2,1H3. The van der Waals surface area contributed by atoms with Crippen LogP contribution < -0.4 is 5.32 Å². The average molecular weight is 215 g/mol. The molecule has 0 aliphatic rings. The van der Waals surface area contributed by atoms with Crippen molar-refractivity contribution in [3.63, 3.8) is 0 Å². The van der Waals surface area contributed by atoms with Crippen LogP contribution in [0.4, 0.5) is 5.69 Å². The Kier molecular flexibility index (Phi) is 3.00. The molecule has 1 aromatic carbocycles. The number of hydrogen-bond donors (Lipinski definition) is 2. The molecule has 0 aliphatic carbocycles. The Hall–Kier alpha value is -2.10. The van der Waals surface area contributed by atoms with Crippen LogP contribution in [0.25, 0.3) is 0 Å². The maximum absolute atomic E-state index is 9.13. The molecule has 0 radical (unpaired) electrons. The Morgan fingerprint density at radius 3 is 2.62 bits per heavy atom. The van der Waals surface area contributed by atoms with Gasteiger partial charge in [0.2, 0.25) is 0 Å². The summed E-state index contributed by atoms with van der Waals surface area (Å²) in [5.41, 5.74) is 1.90. The van der Waals surface area contributed by atoms with Crippen LogP contribution in [0.2, 0.25) is 0 Å². The van der Waals surface area contributed by atoms with Crippen molar-refractivity contribution in [3.05, 3.63) is 48.0 Å². The van der Waals surface area contributed by atoms with Crippen LogP contribution in [0.1, 0.15) is 11.5 Å². The minimum Gasteiger partial charge on any atom is -0.508 e. The van der Waals surface area contributed by atoms with Gasteiger partial charge in [0, 0.05) is 11.9 Å². The molecule has 0 unspecified atom stereocenters. The summed E-state index contributed by atoms with van der Waals surface area (Å²) in [6.45, 7) is 2.51. The van der Waals surface area contributed by atoms with Gasteiger partial charge in [-0.3, -0.25) is 0 Å². The molecule has 1 aromatic heterocycles. The first-order valence-corrected chi connectivity index (χ1v) is 5.05. The van der Waals surface area contributed by atoms with Crippen molar-refractivity contribution in [1.29, 1.82) is 0 Å². The second kappa shape index (κ2) is 4.61. The van der Waals surface area contributed by atoms with Gasteiger partial charge in [0.1, 0.15) is 11.6 Å². The number of nitrogens with one attached hydrogen (secondary N) is 1. The number of phenols is 1. The van der Waals surface area contributed by atoms with Crippen molar-refractivity contribution < 1.29 is 5.11 Å². The molecular weight excluding hydrogens is 202 g/mol. The fourth-order valence-corrected chi connectivity index (χ4v) is 1.38. The molecule has 4 heteroatoms. The van der Waals surface area contributed by atoms with E-state index in [1.54, 1.807) is 18.3 Å². The summed E-state index contributed by atoms with van der Waals surface area (Å²) in [6, 6.07) is 8.81. The van der Waals surface area contributed by atoms with Crippen LogP contribution in [0.15, 0.2) is 36.5 Å². The number of rotatable bonds is 3. The number of phenolic OH excluding ortho intramolecular Hbond substituents is 1. The first-order valence-electron chi connectivity index (χ1n) is 5.05. The van der Waals surface area contributed by atoms with Crippen molar-refractivity contribution in [2.75, 3.05) is 5.32 Å². The van der Waals surface area contributed by atoms with Gasteiger partial charge < -0.3 is 10.4 Å². The Balaban J connectivity index is 1.99. The number of aromatic hydroxyl groups is 1. The molecule has 0 saturated carbocycles. The van der Waals surface area contributed by atoms with Gasteiger partial charge >= 0.3 is 0 Å².